The van der Waals surface area contributed by atoms with Gasteiger partial charge < -0.3 is 5.73 Å². The van der Waals surface area contributed by atoms with E-state index in [1.54, 1.807) is 0 Å². The normalized spacial score (nSPS) is 25.7. The van der Waals surface area contributed by atoms with Crippen LogP contribution in [0.4, 0.5) is 5.95 Å². The van der Waals surface area contributed by atoms with E-state index in [0.717, 1.165) is 11.7 Å². The van der Waals surface area contributed by atoms with Gasteiger partial charge in [0.25, 0.3) is 0 Å². The lowest BCUT2D eigenvalue weighted by Crippen LogP contribution is -2.11. The maximum absolute atomic E-state index is 5.47. The van der Waals surface area contributed by atoms with E-state index in [1.165, 1.54) is 25.7 Å². The van der Waals surface area contributed by atoms with Crippen molar-refractivity contribution in [1.29, 1.82) is 0 Å². The average molecular weight is 164 g/mol. The van der Waals surface area contributed by atoms with Crippen LogP contribution >= 0.6 is 0 Å². The standard InChI is InChI=1S/C8H12N4/c9-7-10-6(11-12-7)8(3-4-8)5-1-2-5/h5H,1-4H2,(H3,9,10,11,12). The van der Waals surface area contributed by atoms with E-state index < -0.39 is 0 Å². The molecule has 0 aliphatic heterocycles. The van der Waals surface area contributed by atoms with E-state index in [9.17, 15) is 0 Å². The molecule has 3 rings (SSSR count). The topological polar surface area (TPSA) is 67.6 Å². The molecule has 1 heterocycles. The zero-order valence-corrected chi connectivity index (χ0v) is 6.88. The third-order valence-corrected chi connectivity index (χ3v) is 3.12. The Morgan fingerprint density at radius 2 is 2.17 bits per heavy atom. The number of nitrogens with one attached hydrogen (secondary N) is 1. The van der Waals surface area contributed by atoms with Crippen molar-refractivity contribution in [2.24, 2.45) is 5.92 Å². The molecular weight excluding hydrogens is 152 g/mol. The van der Waals surface area contributed by atoms with Crippen LogP contribution in [0, 0.1) is 5.92 Å². The summed E-state index contributed by atoms with van der Waals surface area (Å²) in [6, 6.07) is 0. The quantitative estimate of drug-likeness (QED) is 0.680. The Hall–Kier alpha value is -1.06. The van der Waals surface area contributed by atoms with Crippen molar-refractivity contribution in [1.82, 2.24) is 15.2 Å². The second kappa shape index (κ2) is 1.81. The van der Waals surface area contributed by atoms with Crippen LogP contribution in [-0.4, -0.2) is 15.2 Å². The third kappa shape index (κ3) is 0.722. The van der Waals surface area contributed by atoms with Crippen LogP contribution in [0.1, 0.15) is 31.5 Å². The minimum absolute atomic E-state index is 0.366. The molecule has 2 aliphatic rings. The number of hydrogen-bond donors (Lipinski definition) is 2. The molecule has 0 radical (unpaired) electrons. The highest BCUT2D eigenvalue weighted by atomic mass is 15.3. The molecule has 2 fully saturated rings. The maximum Gasteiger partial charge on any atom is 0.239 e. The smallest absolute Gasteiger partial charge is 0.239 e. The Labute approximate surface area is 70.6 Å². The average Bonchev–Trinajstić information content (AvgIpc) is 2.92. The molecule has 3 N–H and O–H groups in total. The van der Waals surface area contributed by atoms with E-state index >= 15 is 0 Å². The molecule has 4 nitrogen and oxygen atoms in total. The lowest BCUT2D eigenvalue weighted by Gasteiger charge is -2.07. The minimum atomic E-state index is 0.366. The number of aromatic nitrogens is 3. The molecule has 1 aromatic heterocycles. The molecule has 0 bridgehead atoms. The summed E-state index contributed by atoms with van der Waals surface area (Å²) in [7, 11) is 0. The maximum atomic E-state index is 5.47. The van der Waals surface area contributed by atoms with E-state index in [0.29, 0.717) is 11.4 Å². The van der Waals surface area contributed by atoms with E-state index in [-0.39, 0.29) is 0 Å². The molecule has 4 heteroatoms. The highest BCUT2D eigenvalue weighted by Gasteiger charge is 2.57. The van der Waals surface area contributed by atoms with Gasteiger partial charge in [-0.3, -0.25) is 5.10 Å². The number of H-pyrrole nitrogens is 1. The van der Waals surface area contributed by atoms with Crippen molar-refractivity contribution in [2.45, 2.75) is 31.1 Å². The fourth-order valence-corrected chi connectivity index (χ4v) is 2.11. The lowest BCUT2D eigenvalue weighted by molar-refractivity contribution is 0.560. The van der Waals surface area contributed by atoms with Gasteiger partial charge in [-0.1, -0.05) is 0 Å². The number of nitrogen functional groups attached to an aromatic ring is 1. The summed E-state index contributed by atoms with van der Waals surface area (Å²) in [5.41, 5.74) is 5.84. The minimum Gasteiger partial charge on any atom is -0.367 e. The van der Waals surface area contributed by atoms with Gasteiger partial charge in [0, 0.05) is 5.41 Å². The Balaban J connectivity index is 1.96. The SMILES string of the molecule is Nc1n[nH]c(C2(C3CC3)CC2)n1. The molecule has 1 aromatic rings. The first kappa shape index (κ1) is 6.46. The van der Waals surface area contributed by atoms with Gasteiger partial charge in [0.1, 0.15) is 5.82 Å². The van der Waals surface area contributed by atoms with Crippen LogP contribution in [0.5, 0.6) is 0 Å². The van der Waals surface area contributed by atoms with Gasteiger partial charge in [0.2, 0.25) is 5.95 Å². The molecule has 2 saturated carbocycles. The molecule has 64 valence electrons. The van der Waals surface area contributed by atoms with Gasteiger partial charge in [-0.25, -0.2) is 0 Å². The summed E-state index contributed by atoms with van der Waals surface area (Å²) in [5, 5.41) is 6.82. The summed E-state index contributed by atoms with van der Waals surface area (Å²) in [6.07, 6.45) is 5.26. The van der Waals surface area contributed by atoms with E-state index in [1.807, 2.05) is 0 Å². The van der Waals surface area contributed by atoms with Crippen LogP contribution in [0.15, 0.2) is 0 Å². The van der Waals surface area contributed by atoms with Gasteiger partial charge >= 0.3 is 0 Å². The summed E-state index contributed by atoms with van der Waals surface area (Å²) in [4.78, 5) is 4.22. The van der Waals surface area contributed by atoms with Crippen molar-refractivity contribution < 1.29 is 0 Å². The first-order valence-electron chi connectivity index (χ1n) is 4.50. The fourth-order valence-electron chi connectivity index (χ4n) is 2.11. The number of anilines is 1. The van der Waals surface area contributed by atoms with Crippen LogP contribution in [-0.2, 0) is 5.41 Å². The largest absolute Gasteiger partial charge is 0.367 e. The summed E-state index contributed by atoms with van der Waals surface area (Å²) >= 11 is 0. The fraction of sp³-hybridized carbons (Fsp3) is 0.750. The molecule has 0 spiro atoms. The van der Waals surface area contributed by atoms with Gasteiger partial charge in [-0.15, -0.1) is 5.10 Å². The predicted octanol–water partition coefficient (Wildman–Crippen LogP) is 0.828. The molecule has 0 amide bonds. The van der Waals surface area contributed by atoms with Gasteiger partial charge in [-0.05, 0) is 31.6 Å². The van der Waals surface area contributed by atoms with E-state index in [4.69, 9.17) is 5.73 Å². The van der Waals surface area contributed by atoms with E-state index in [2.05, 4.69) is 15.2 Å². The highest BCUT2D eigenvalue weighted by molar-refractivity contribution is 5.26. The van der Waals surface area contributed by atoms with Gasteiger partial charge in [-0.2, -0.15) is 4.98 Å². The van der Waals surface area contributed by atoms with Crippen LogP contribution in [0.25, 0.3) is 0 Å². The zero-order chi connectivity index (χ0) is 8.18. The highest BCUT2D eigenvalue weighted by Crippen LogP contribution is 2.61. The first-order valence-corrected chi connectivity index (χ1v) is 4.50. The molecule has 0 unspecified atom stereocenters. The molecule has 12 heavy (non-hydrogen) atoms. The number of rotatable bonds is 2. The van der Waals surface area contributed by atoms with Crippen molar-refractivity contribution in [3.63, 3.8) is 0 Å². The Bertz CT molecular complexity index is 309. The monoisotopic (exact) mass is 164 g/mol. The van der Waals surface area contributed by atoms with Crippen molar-refractivity contribution >= 4 is 5.95 Å². The summed E-state index contributed by atoms with van der Waals surface area (Å²) < 4.78 is 0. The number of nitrogens with two attached hydrogens (primary N) is 1. The van der Waals surface area contributed by atoms with Crippen LogP contribution < -0.4 is 5.73 Å². The molecule has 2 aliphatic carbocycles. The van der Waals surface area contributed by atoms with Gasteiger partial charge in [0.05, 0.1) is 0 Å². The summed E-state index contributed by atoms with van der Waals surface area (Å²) in [5.74, 6) is 2.28. The Kier molecular flexibility index (Phi) is 0.975. The van der Waals surface area contributed by atoms with Gasteiger partial charge in [0.15, 0.2) is 0 Å². The second-order valence-corrected chi connectivity index (χ2v) is 3.97. The Morgan fingerprint density at radius 3 is 2.58 bits per heavy atom. The van der Waals surface area contributed by atoms with Crippen LogP contribution in [0.2, 0.25) is 0 Å². The number of nitrogens with zero attached hydrogens (tertiary/aromatic N) is 2. The predicted molar refractivity (Wildman–Crippen MR) is 44.4 cm³/mol. The summed E-state index contributed by atoms with van der Waals surface area (Å²) in [6.45, 7) is 0. The van der Waals surface area contributed by atoms with Crippen molar-refractivity contribution in [3.05, 3.63) is 5.82 Å². The second-order valence-electron chi connectivity index (χ2n) is 3.97. The third-order valence-electron chi connectivity index (χ3n) is 3.12. The Morgan fingerprint density at radius 1 is 1.42 bits per heavy atom. The molecule has 0 saturated heterocycles. The van der Waals surface area contributed by atoms with Crippen LogP contribution in [0.3, 0.4) is 0 Å². The molecule has 0 atom stereocenters. The number of aromatic amines is 1. The lowest BCUT2D eigenvalue weighted by atomic mass is 10.0. The number of hydrogen-bond acceptors (Lipinski definition) is 3. The first-order chi connectivity index (χ1) is 5.81. The zero-order valence-electron chi connectivity index (χ0n) is 6.88. The molecular formula is C8H12N4. The van der Waals surface area contributed by atoms with Crippen molar-refractivity contribution in [3.8, 4) is 0 Å². The molecule has 0 aromatic carbocycles. The van der Waals surface area contributed by atoms with Crippen molar-refractivity contribution in [2.75, 3.05) is 5.73 Å².